The molecule has 1 aliphatic heterocycles. The summed E-state index contributed by atoms with van der Waals surface area (Å²) in [6.45, 7) is 8.21. The van der Waals surface area contributed by atoms with Crippen LogP contribution in [0.4, 0.5) is 0 Å². The number of rotatable bonds is 3. The third-order valence-electron chi connectivity index (χ3n) is 1.80. The van der Waals surface area contributed by atoms with Crippen LogP contribution in [0.2, 0.25) is 0 Å². The van der Waals surface area contributed by atoms with Crippen molar-refractivity contribution in [1.82, 2.24) is 10.2 Å². The summed E-state index contributed by atoms with van der Waals surface area (Å²) in [7, 11) is 0. The molecule has 0 aromatic carbocycles. The van der Waals surface area contributed by atoms with Crippen LogP contribution in [0.1, 0.15) is 13.8 Å². The summed E-state index contributed by atoms with van der Waals surface area (Å²) in [6.07, 6.45) is 6.07. The molecule has 0 unspecified atom stereocenters. The normalized spacial score (nSPS) is 16.6. The molecule has 3 heteroatoms. The molecule has 0 saturated heterocycles. The molecule has 0 aromatic heterocycles. The molecule has 69 valence electrons. The quantitative estimate of drug-likeness (QED) is 0.764. The molecule has 0 bridgehead atoms. The van der Waals surface area contributed by atoms with Crippen LogP contribution in [0.5, 0.6) is 0 Å². The number of nitrogens with zero attached hydrogens (tertiary/aromatic N) is 1. The molecule has 1 rings (SSSR count). The molecule has 0 radical (unpaired) electrons. The van der Waals surface area contributed by atoms with Crippen molar-refractivity contribution in [2.24, 2.45) is 0 Å². The molecule has 1 N–H and O–H groups in total. The van der Waals surface area contributed by atoms with Crippen molar-refractivity contribution in [2.45, 2.75) is 19.9 Å². The summed E-state index contributed by atoms with van der Waals surface area (Å²) in [4.78, 5) is 2.12. The van der Waals surface area contributed by atoms with Gasteiger partial charge in [0.15, 0.2) is 0 Å². The van der Waals surface area contributed by atoms with Gasteiger partial charge < -0.3 is 0 Å². The molecule has 13 heavy (non-hydrogen) atoms. The number of hydrogen-bond acceptors (Lipinski definition) is 2. The van der Waals surface area contributed by atoms with Crippen LogP contribution in [-0.2, 0) is 17.0 Å². The summed E-state index contributed by atoms with van der Waals surface area (Å²) in [5.41, 5.74) is 1.08. The van der Waals surface area contributed by atoms with E-state index in [1.165, 1.54) is 0 Å². The first kappa shape index (κ1) is 10.4. The Morgan fingerprint density at radius 1 is 1.62 bits per heavy atom. The van der Waals surface area contributed by atoms with Gasteiger partial charge in [0.1, 0.15) is 0 Å². The van der Waals surface area contributed by atoms with E-state index in [9.17, 15) is 0 Å². The van der Waals surface area contributed by atoms with Crippen molar-refractivity contribution in [3.05, 3.63) is 36.4 Å². The molecule has 0 aliphatic carbocycles. The summed E-state index contributed by atoms with van der Waals surface area (Å²) < 4.78 is 1.94. The SMILES string of the molecule is C=C1NC(/C=C\[CH]=[V])=CN1C(C)C. The van der Waals surface area contributed by atoms with Crippen molar-refractivity contribution in [3.8, 4) is 0 Å². The van der Waals surface area contributed by atoms with Crippen LogP contribution in [0.3, 0.4) is 0 Å². The zero-order valence-corrected chi connectivity index (χ0v) is 9.38. The van der Waals surface area contributed by atoms with Gasteiger partial charge in [0.05, 0.1) is 0 Å². The predicted molar refractivity (Wildman–Crippen MR) is 52.5 cm³/mol. The fourth-order valence-corrected chi connectivity index (χ4v) is 1.32. The van der Waals surface area contributed by atoms with E-state index < -0.39 is 0 Å². The Labute approximate surface area is 88.5 Å². The van der Waals surface area contributed by atoms with Gasteiger partial charge in [0, 0.05) is 0 Å². The summed E-state index contributed by atoms with van der Waals surface area (Å²) in [5.74, 6) is 0.945. The molecule has 2 nitrogen and oxygen atoms in total. The summed E-state index contributed by atoms with van der Waals surface area (Å²) >= 11 is 2.41. The van der Waals surface area contributed by atoms with Gasteiger partial charge in [-0.05, 0) is 0 Å². The van der Waals surface area contributed by atoms with Gasteiger partial charge in [0.2, 0.25) is 0 Å². The van der Waals surface area contributed by atoms with E-state index >= 15 is 0 Å². The Morgan fingerprint density at radius 3 is 2.77 bits per heavy atom. The van der Waals surface area contributed by atoms with E-state index in [2.05, 4.69) is 53.8 Å². The third-order valence-corrected chi connectivity index (χ3v) is 2.07. The number of nitrogens with one attached hydrogen (secondary N) is 1. The fourth-order valence-electron chi connectivity index (χ4n) is 1.18. The van der Waals surface area contributed by atoms with Gasteiger partial charge in [-0.25, -0.2) is 0 Å². The van der Waals surface area contributed by atoms with Gasteiger partial charge in [-0.3, -0.25) is 0 Å². The van der Waals surface area contributed by atoms with Gasteiger partial charge >= 0.3 is 88.3 Å². The van der Waals surface area contributed by atoms with E-state index in [0.29, 0.717) is 6.04 Å². The Kier molecular flexibility index (Phi) is 3.58. The van der Waals surface area contributed by atoms with Crippen LogP contribution in [0.25, 0.3) is 0 Å². The Bertz CT molecular complexity index is 277. The number of allylic oxidation sites excluding steroid dienone is 2. The van der Waals surface area contributed by atoms with E-state index in [4.69, 9.17) is 0 Å². The van der Waals surface area contributed by atoms with Crippen LogP contribution < -0.4 is 5.32 Å². The van der Waals surface area contributed by atoms with Crippen molar-refractivity contribution in [1.29, 1.82) is 0 Å². The third kappa shape index (κ3) is 2.61. The zero-order valence-electron chi connectivity index (χ0n) is 7.99. The average Bonchev–Trinajstić information content (AvgIpc) is 2.43. The molecule has 0 fully saturated rings. The summed E-state index contributed by atoms with van der Waals surface area (Å²) in [6, 6.07) is 0.451. The van der Waals surface area contributed by atoms with E-state index in [-0.39, 0.29) is 0 Å². The maximum atomic E-state index is 3.93. The van der Waals surface area contributed by atoms with Crippen molar-refractivity contribution in [3.63, 3.8) is 0 Å². The van der Waals surface area contributed by atoms with Crippen LogP contribution >= 0.6 is 0 Å². The average molecular weight is 213 g/mol. The molecule has 0 spiro atoms. The Morgan fingerprint density at radius 2 is 2.31 bits per heavy atom. The second-order valence-corrected chi connectivity index (χ2v) is 3.63. The van der Waals surface area contributed by atoms with Gasteiger partial charge in [-0.15, -0.1) is 0 Å². The van der Waals surface area contributed by atoms with Crippen LogP contribution in [-0.4, -0.2) is 15.7 Å². The Hall–Kier alpha value is -0.726. The van der Waals surface area contributed by atoms with Crippen LogP contribution in [0.15, 0.2) is 36.4 Å². The standard InChI is InChI=1S/C10H14N2.V/c1-5-6-10-7-12(8(2)3)9(4)11-10;/h1,5-8,11H,4H2,2-3H3;/b6-5-;. The first-order chi connectivity index (χ1) is 6.15. The molecule has 1 heterocycles. The van der Waals surface area contributed by atoms with Gasteiger partial charge in [-0.1, -0.05) is 0 Å². The fraction of sp³-hybridized carbons (Fsp3) is 0.300. The molecule has 0 amide bonds. The van der Waals surface area contributed by atoms with Crippen molar-refractivity contribution < 1.29 is 17.0 Å². The maximum absolute atomic E-state index is 3.93. The molecule has 0 saturated carbocycles. The van der Waals surface area contributed by atoms with Crippen molar-refractivity contribution in [2.75, 3.05) is 0 Å². The zero-order chi connectivity index (χ0) is 9.84. The minimum atomic E-state index is 0.451. The topological polar surface area (TPSA) is 15.3 Å². The second-order valence-electron chi connectivity index (χ2n) is 3.17. The molecule has 0 atom stereocenters. The first-order valence-corrected chi connectivity index (χ1v) is 5.06. The van der Waals surface area contributed by atoms with Crippen LogP contribution in [0, 0.1) is 0 Å². The van der Waals surface area contributed by atoms with E-state index in [1.54, 1.807) is 0 Å². The van der Waals surface area contributed by atoms with E-state index in [1.807, 2.05) is 16.9 Å². The predicted octanol–water partition coefficient (Wildman–Crippen LogP) is 1.52. The summed E-state index contributed by atoms with van der Waals surface area (Å²) in [5, 5.41) is 3.20. The molecule has 1 aliphatic rings. The molecular formula is C10H14N2V. The second kappa shape index (κ2) is 4.49. The monoisotopic (exact) mass is 213 g/mol. The minimum absolute atomic E-state index is 0.451. The van der Waals surface area contributed by atoms with Crippen molar-refractivity contribution >= 4 is 4.73 Å². The van der Waals surface area contributed by atoms with Gasteiger partial charge in [0.25, 0.3) is 0 Å². The number of hydrogen-bond donors (Lipinski definition) is 1. The first-order valence-electron chi connectivity index (χ1n) is 4.25. The Balaban J connectivity index is 2.71. The van der Waals surface area contributed by atoms with Gasteiger partial charge in [-0.2, -0.15) is 0 Å². The van der Waals surface area contributed by atoms with E-state index in [0.717, 1.165) is 11.5 Å². The molecular weight excluding hydrogens is 199 g/mol. The molecule has 0 aromatic rings.